The number of carbonyl (C=O) groups excluding carboxylic acids is 2. The maximum Gasteiger partial charge on any atom is 0.310 e. The molecule has 0 saturated heterocycles. The van der Waals surface area contributed by atoms with Crippen molar-refractivity contribution in [2.75, 3.05) is 26.8 Å². The molecule has 0 fully saturated rings. The predicted octanol–water partition coefficient (Wildman–Crippen LogP) is 3.98. The van der Waals surface area contributed by atoms with Crippen LogP contribution in [0, 0.1) is 5.92 Å². The molecule has 0 saturated carbocycles. The molecule has 0 heterocycles. The van der Waals surface area contributed by atoms with Crippen LogP contribution in [0.1, 0.15) is 45.4 Å². The first-order chi connectivity index (χ1) is 13.1. The molecular formula is C22H31NO4. The maximum absolute atomic E-state index is 12.7. The van der Waals surface area contributed by atoms with Gasteiger partial charge in [0.25, 0.3) is 0 Å². The summed E-state index contributed by atoms with van der Waals surface area (Å²) >= 11 is 0. The van der Waals surface area contributed by atoms with Gasteiger partial charge in [-0.2, -0.15) is 0 Å². The lowest BCUT2D eigenvalue weighted by Gasteiger charge is -2.26. The van der Waals surface area contributed by atoms with Crippen LogP contribution in [0.25, 0.3) is 0 Å². The van der Waals surface area contributed by atoms with E-state index in [1.807, 2.05) is 30.3 Å². The van der Waals surface area contributed by atoms with Crippen molar-refractivity contribution >= 4 is 11.9 Å². The molecule has 5 nitrogen and oxygen atoms in total. The van der Waals surface area contributed by atoms with Gasteiger partial charge in [-0.1, -0.05) is 36.8 Å². The first-order valence-corrected chi connectivity index (χ1v) is 9.81. The van der Waals surface area contributed by atoms with Crippen molar-refractivity contribution in [1.29, 1.82) is 0 Å². The number of nitrogens with zero attached hydrogens (tertiary/aromatic N) is 1. The Balaban J connectivity index is 1.88. The predicted molar refractivity (Wildman–Crippen MR) is 105 cm³/mol. The first-order valence-electron chi connectivity index (χ1n) is 9.81. The number of hydrogen-bond acceptors (Lipinski definition) is 4. The summed E-state index contributed by atoms with van der Waals surface area (Å²) in [6.45, 7) is 3.14. The topological polar surface area (TPSA) is 55.8 Å². The summed E-state index contributed by atoms with van der Waals surface area (Å²) in [5, 5.41) is 0. The van der Waals surface area contributed by atoms with E-state index in [2.05, 4.69) is 6.08 Å². The average Bonchev–Trinajstić information content (AvgIpc) is 2.71. The van der Waals surface area contributed by atoms with Crippen LogP contribution in [0.15, 0.2) is 42.0 Å². The van der Waals surface area contributed by atoms with Crippen LogP contribution in [0.4, 0.5) is 0 Å². The fraction of sp³-hybridized carbons (Fsp3) is 0.545. The van der Waals surface area contributed by atoms with Gasteiger partial charge in [0.1, 0.15) is 5.75 Å². The number of allylic oxidation sites excluding steroid dienone is 1. The molecule has 1 atom stereocenters. The number of benzene rings is 1. The fourth-order valence-electron chi connectivity index (χ4n) is 3.27. The van der Waals surface area contributed by atoms with Crippen molar-refractivity contribution in [2.45, 2.75) is 45.4 Å². The second-order valence-corrected chi connectivity index (χ2v) is 7.03. The van der Waals surface area contributed by atoms with Crippen LogP contribution in [0.3, 0.4) is 0 Å². The highest BCUT2D eigenvalue weighted by Gasteiger charge is 2.22. The van der Waals surface area contributed by atoms with E-state index in [0.717, 1.165) is 25.0 Å². The molecule has 27 heavy (non-hydrogen) atoms. The summed E-state index contributed by atoms with van der Waals surface area (Å²) in [7, 11) is 1.38. The molecule has 1 aromatic carbocycles. The molecule has 1 amide bonds. The van der Waals surface area contributed by atoms with Gasteiger partial charge < -0.3 is 14.4 Å². The molecule has 1 aliphatic carbocycles. The van der Waals surface area contributed by atoms with E-state index in [-0.39, 0.29) is 17.8 Å². The third kappa shape index (κ3) is 7.45. The molecule has 1 unspecified atom stereocenters. The van der Waals surface area contributed by atoms with Crippen LogP contribution in [-0.4, -0.2) is 43.6 Å². The zero-order valence-corrected chi connectivity index (χ0v) is 16.5. The smallest absolute Gasteiger partial charge is 0.310 e. The minimum Gasteiger partial charge on any atom is -0.493 e. The SMILES string of the molecule is COC(=O)C(C)CN(CCC1=CCCCC1)C(=O)CCOc1ccccc1. The Hall–Kier alpha value is -2.30. The number of amides is 1. The maximum atomic E-state index is 12.7. The monoisotopic (exact) mass is 373 g/mol. The largest absolute Gasteiger partial charge is 0.493 e. The number of esters is 1. The van der Waals surface area contributed by atoms with Crippen molar-refractivity contribution in [3.63, 3.8) is 0 Å². The van der Waals surface area contributed by atoms with Gasteiger partial charge in [-0.05, 0) is 44.2 Å². The van der Waals surface area contributed by atoms with Crippen molar-refractivity contribution in [1.82, 2.24) is 4.90 Å². The summed E-state index contributed by atoms with van der Waals surface area (Å²) < 4.78 is 10.5. The molecular weight excluding hydrogens is 342 g/mol. The minimum atomic E-state index is -0.339. The van der Waals surface area contributed by atoms with Gasteiger partial charge >= 0.3 is 5.97 Å². The van der Waals surface area contributed by atoms with Crippen LogP contribution in [-0.2, 0) is 14.3 Å². The van der Waals surface area contributed by atoms with Gasteiger partial charge in [-0.25, -0.2) is 0 Å². The fourth-order valence-corrected chi connectivity index (χ4v) is 3.27. The van der Waals surface area contributed by atoms with E-state index in [9.17, 15) is 9.59 Å². The van der Waals surface area contributed by atoms with E-state index >= 15 is 0 Å². The van der Waals surface area contributed by atoms with Gasteiger partial charge in [0, 0.05) is 13.1 Å². The van der Waals surface area contributed by atoms with Crippen molar-refractivity contribution in [3.8, 4) is 5.75 Å². The number of hydrogen-bond donors (Lipinski definition) is 0. The Morgan fingerprint density at radius 3 is 2.63 bits per heavy atom. The molecule has 0 bridgehead atoms. The second kappa shape index (κ2) is 11.4. The van der Waals surface area contributed by atoms with Crippen LogP contribution in [0.2, 0.25) is 0 Å². The van der Waals surface area contributed by atoms with Gasteiger partial charge in [-0.3, -0.25) is 9.59 Å². The van der Waals surface area contributed by atoms with E-state index < -0.39 is 0 Å². The highest BCUT2D eigenvalue weighted by Crippen LogP contribution is 2.21. The third-order valence-electron chi connectivity index (χ3n) is 4.87. The van der Waals surface area contributed by atoms with E-state index in [0.29, 0.717) is 26.1 Å². The Bertz CT molecular complexity index is 626. The number of methoxy groups -OCH3 is 1. The third-order valence-corrected chi connectivity index (χ3v) is 4.87. The second-order valence-electron chi connectivity index (χ2n) is 7.03. The summed E-state index contributed by atoms with van der Waals surface area (Å²) in [5.41, 5.74) is 1.42. The van der Waals surface area contributed by atoms with Gasteiger partial charge in [0.2, 0.25) is 5.91 Å². The van der Waals surface area contributed by atoms with Crippen LogP contribution < -0.4 is 4.74 Å². The number of carbonyl (C=O) groups is 2. The van der Waals surface area contributed by atoms with Crippen molar-refractivity contribution in [3.05, 3.63) is 42.0 Å². The molecule has 0 aromatic heterocycles. The highest BCUT2D eigenvalue weighted by atomic mass is 16.5. The summed E-state index contributed by atoms with van der Waals surface area (Å²) in [5.74, 6) is 0.143. The van der Waals surface area contributed by atoms with Gasteiger partial charge in [-0.15, -0.1) is 0 Å². The average molecular weight is 373 g/mol. The molecule has 2 rings (SSSR count). The molecule has 1 aromatic rings. The zero-order chi connectivity index (χ0) is 19.5. The van der Waals surface area contributed by atoms with E-state index in [4.69, 9.17) is 9.47 Å². The normalized spacial score (nSPS) is 14.8. The Kier molecular flexibility index (Phi) is 8.89. The molecule has 0 N–H and O–H groups in total. The summed E-state index contributed by atoms with van der Waals surface area (Å²) in [4.78, 5) is 26.3. The summed E-state index contributed by atoms with van der Waals surface area (Å²) in [6.07, 6.45) is 8.19. The first kappa shape index (κ1) is 21.0. The highest BCUT2D eigenvalue weighted by molar-refractivity contribution is 5.78. The van der Waals surface area contributed by atoms with Gasteiger partial charge in [0.05, 0.1) is 26.1 Å². The Morgan fingerprint density at radius 1 is 1.19 bits per heavy atom. The van der Waals surface area contributed by atoms with Crippen molar-refractivity contribution < 1.29 is 19.1 Å². The lowest BCUT2D eigenvalue weighted by molar-refractivity contribution is -0.146. The van der Waals surface area contributed by atoms with Crippen LogP contribution >= 0.6 is 0 Å². The quantitative estimate of drug-likeness (QED) is 0.460. The number of para-hydroxylation sites is 1. The zero-order valence-electron chi connectivity index (χ0n) is 16.5. The lowest BCUT2D eigenvalue weighted by Crippen LogP contribution is -2.38. The van der Waals surface area contributed by atoms with E-state index in [1.165, 1.54) is 25.5 Å². The van der Waals surface area contributed by atoms with Crippen LogP contribution in [0.5, 0.6) is 5.75 Å². The number of rotatable bonds is 10. The molecule has 5 heteroatoms. The minimum absolute atomic E-state index is 0.0121. The molecule has 0 spiro atoms. The molecule has 1 aliphatic rings. The summed E-state index contributed by atoms with van der Waals surface area (Å²) in [6, 6.07) is 9.47. The molecule has 0 radical (unpaired) electrons. The van der Waals surface area contributed by atoms with Crippen molar-refractivity contribution in [2.24, 2.45) is 5.92 Å². The Labute approximate surface area is 162 Å². The van der Waals surface area contributed by atoms with Gasteiger partial charge in [0.15, 0.2) is 0 Å². The van der Waals surface area contributed by atoms with E-state index in [1.54, 1.807) is 11.8 Å². The Morgan fingerprint density at radius 2 is 1.96 bits per heavy atom. The number of ether oxygens (including phenoxy) is 2. The molecule has 148 valence electrons. The molecule has 0 aliphatic heterocycles. The lowest BCUT2D eigenvalue weighted by atomic mass is 9.97. The standard InChI is InChI=1S/C22H31NO4/c1-18(22(25)26-2)17-23(15-13-19-9-5-3-6-10-19)21(24)14-16-27-20-11-7-4-8-12-20/h4,7-9,11-12,18H,3,5-6,10,13-17H2,1-2H3.